The lowest BCUT2D eigenvalue weighted by Crippen LogP contribution is -2.32. The van der Waals surface area contributed by atoms with Crippen LogP contribution in [-0.2, 0) is 16.1 Å². The summed E-state index contributed by atoms with van der Waals surface area (Å²) in [5.74, 6) is 0.633. The lowest BCUT2D eigenvalue weighted by atomic mass is 10.2. The Hall–Kier alpha value is -3.26. The maximum Gasteiger partial charge on any atom is 0.328 e. The van der Waals surface area contributed by atoms with E-state index >= 15 is 0 Å². The molecule has 28 heavy (non-hydrogen) atoms. The van der Waals surface area contributed by atoms with E-state index in [1.54, 1.807) is 32.4 Å². The molecule has 0 saturated heterocycles. The lowest BCUT2D eigenvalue weighted by molar-refractivity contribution is -0.0938. The number of methoxy groups -OCH3 is 1. The van der Waals surface area contributed by atoms with Gasteiger partial charge in [-0.05, 0) is 6.07 Å². The molecule has 0 spiro atoms. The van der Waals surface area contributed by atoms with Gasteiger partial charge < -0.3 is 19.9 Å². The zero-order chi connectivity index (χ0) is 20.1. The quantitative estimate of drug-likeness (QED) is 0.640. The summed E-state index contributed by atoms with van der Waals surface area (Å²) >= 11 is 0. The van der Waals surface area contributed by atoms with Gasteiger partial charge in [0.25, 0.3) is 0 Å². The lowest BCUT2D eigenvalue weighted by Gasteiger charge is -2.18. The number of amides is 2. The van der Waals surface area contributed by atoms with Crippen LogP contribution in [-0.4, -0.2) is 48.4 Å². The standard InChI is InChI=1S/C18H20N6O4/c1-24(15-4-3-11-10-28-17(25)16(11)23-15)18(26)22-14-7-13(20-5-6-27-2)12(8-19)9-21-14/h3-4,7,9,17,25H,5-6,10H2,1-2H3,(H2,20,21,22,26). The first-order valence-electron chi connectivity index (χ1n) is 8.50. The van der Waals surface area contributed by atoms with Crippen molar-refractivity contribution in [1.82, 2.24) is 9.97 Å². The number of hydrogen-bond donors (Lipinski definition) is 3. The summed E-state index contributed by atoms with van der Waals surface area (Å²) < 4.78 is 10.1. The molecule has 3 rings (SSSR count). The number of pyridine rings is 2. The molecule has 1 unspecified atom stereocenters. The van der Waals surface area contributed by atoms with E-state index in [1.165, 1.54) is 11.1 Å². The zero-order valence-electron chi connectivity index (χ0n) is 15.5. The average molecular weight is 384 g/mol. The summed E-state index contributed by atoms with van der Waals surface area (Å²) in [6.07, 6.45) is 0.291. The SMILES string of the molecule is COCCNc1cc(NC(=O)N(C)c2ccc3c(n2)C(O)OC3)ncc1C#N. The predicted molar refractivity (Wildman–Crippen MR) is 101 cm³/mol. The Bertz CT molecular complexity index is 913. The van der Waals surface area contributed by atoms with Crippen molar-refractivity contribution in [1.29, 1.82) is 5.26 Å². The highest BCUT2D eigenvalue weighted by Gasteiger charge is 2.24. The van der Waals surface area contributed by atoms with Crippen molar-refractivity contribution < 1.29 is 19.4 Å². The monoisotopic (exact) mass is 384 g/mol. The molecule has 146 valence electrons. The molecule has 3 heterocycles. The number of nitriles is 1. The first-order chi connectivity index (χ1) is 13.5. The van der Waals surface area contributed by atoms with E-state index in [-0.39, 0.29) is 12.4 Å². The number of aliphatic hydroxyl groups excluding tert-OH is 1. The van der Waals surface area contributed by atoms with Crippen molar-refractivity contribution in [3.05, 3.63) is 41.2 Å². The third kappa shape index (κ3) is 4.17. The molecule has 10 heteroatoms. The minimum atomic E-state index is -1.09. The molecule has 0 aliphatic carbocycles. The number of nitrogens with one attached hydrogen (secondary N) is 2. The molecule has 2 aromatic rings. The van der Waals surface area contributed by atoms with Crippen LogP contribution in [0.25, 0.3) is 0 Å². The number of ether oxygens (including phenoxy) is 2. The van der Waals surface area contributed by atoms with Crippen LogP contribution in [0.5, 0.6) is 0 Å². The van der Waals surface area contributed by atoms with Crippen molar-refractivity contribution in [2.75, 3.05) is 42.8 Å². The van der Waals surface area contributed by atoms with Gasteiger partial charge in [0, 0.05) is 38.5 Å². The second-order valence-corrected chi connectivity index (χ2v) is 6.01. The molecule has 3 N–H and O–H groups in total. The number of rotatable bonds is 6. The van der Waals surface area contributed by atoms with Gasteiger partial charge in [0.15, 0.2) is 6.29 Å². The number of nitrogens with zero attached hydrogens (tertiary/aromatic N) is 4. The molecular formula is C18H20N6O4. The second kappa shape index (κ2) is 8.62. The van der Waals surface area contributed by atoms with Gasteiger partial charge in [-0.15, -0.1) is 0 Å². The number of urea groups is 1. The minimum Gasteiger partial charge on any atom is -0.383 e. The fourth-order valence-electron chi connectivity index (χ4n) is 2.61. The first-order valence-corrected chi connectivity index (χ1v) is 8.50. The molecule has 10 nitrogen and oxygen atoms in total. The highest BCUT2D eigenvalue weighted by atomic mass is 16.6. The molecule has 0 aromatic carbocycles. The maximum atomic E-state index is 12.6. The van der Waals surface area contributed by atoms with Crippen LogP contribution in [0.4, 0.5) is 22.1 Å². The second-order valence-electron chi connectivity index (χ2n) is 6.01. The van der Waals surface area contributed by atoms with Crippen molar-refractivity contribution in [2.24, 2.45) is 0 Å². The molecular weight excluding hydrogens is 364 g/mol. The summed E-state index contributed by atoms with van der Waals surface area (Å²) in [6.45, 7) is 1.26. The summed E-state index contributed by atoms with van der Waals surface area (Å²) in [7, 11) is 3.13. The number of carbonyl (C=O) groups excluding carboxylic acids is 1. The highest BCUT2D eigenvalue weighted by molar-refractivity contribution is 6.00. The third-order valence-corrected chi connectivity index (χ3v) is 4.16. The number of anilines is 3. The fourth-order valence-corrected chi connectivity index (χ4v) is 2.61. The third-order valence-electron chi connectivity index (χ3n) is 4.16. The maximum absolute atomic E-state index is 12.6. The summed E-state index contributed by atoms with van der Waals surface area (Å²) in [6, 6.07) is 6.58. The smallest absolute Gasteiger partial charge is 0.328 e. The Labute approximate surface area is 161 Å². The molecule has 2 aromatic heterocycles. The minimum absolute atomic E-state index is 0.278. The highest BCUT2D eigenvalue weighted by Crippen LogP contribution is 2.28. The number of carbonyl (C=O) groups is 1. The molecule has 0 saturated carbocycles. The predicted octanol–water partition coefficient (Wildman–Crippen LogP) is 1.60. The number of hydrogen-bond acceptors (Lipinski definition) is 8. The van der Waals surface area contributed by atoms with E-state index < -0.39 is 12.3 Å². The average Bonchev–Trinajstić information content (AvgIpc) is 3.08. The van der Waals surface area contributed by atoms with Gasteiger partial charge in [0.1, 0.15) is 23.4 Å². The Kier molecular flexibility index (Phi) is 6.00. The van der Waals surface area contributed by atoms with Crippen LogP contribution >= 0.6 is 0 Å². The van der Waals surface area contributed by atoms with Crippen LogP contribution in [0.2, 0.25) is 0 Å². The van der Waals surface area contributed by atoms with Crippen LogP contribution in [0.1, 0.15) is 23.1 Å². The van der Waals surface area contributed by atoms with Gasteiger partial charge in [0.2, 0.25) is 0 Å². The summed E-state index contributed by atoms with van der Waals surface area (Å²) in [4.78, 5) is 22.2. The van der Waals surface area contributed by atoms with Crippen molar-refractivity contribution in [3.8, 4) is 6.07 Å². The van der Waals surface area contributed by atoms with Gasteiger partial charge in [0.05, 0.1) is 24.5 Å². The molecule has 0 bridgehead atoms. The molecule has 2 amide bonds. The molecule has 0 fully saturated rings. The first kappa shape index (κ1) is 19.5. The summed E-state index contributed by atoms with van der Waals surface area (Å²) in [5, 5.41) is 24.7. The van der Waals surface area contributed by atoms with Gasteiger partial charge in [-0.1, -0.05) is 6.07 Å². The van der Waals surface area contributed by atoms with E-state index in [0.29, 0.717) is 35.9 Å². The van der Waals surface area contributed by atoms with Crippen LogP contribution in [0, 0.1) is 11.3 Å². The van der Waals surface area contributed by atoms with Crippen LogP contribution in [0.15, 0.2) is 24.4 Å². The Balaban J connectivity index is 1.73. The molecule has 1 aliphatic rings. The van der Waals surface area contributed by atoms with Crippen LogP contribution < -0.4 is 15.5 Å². The Morgan fingerprint density at radius 1 is 1.54 bits per heavy atom. The topological polar surface area (TPSA) is 133 Å². The van der Waals surface area contributed by atoms with Crippen LogP contribution in [0.3, 0.4) is 0 Å². The number of aliphatic hydroxyl groups is 1. The van der Waals surface area contributed by atoms with Crippen molar-refractivity contribution in [2.45, 2.75) is 12.9 Å². The van der Waals surface area contributed by atoms with Gasteiger partial charge in [-0.2, -0.15) is 5.26 Å². The zero-order valence-corrected chi connectivity index (χ0v) is 15.5. The van der Waals surface area contributed by atoms with Gasteiger partial charge in [-0.3, -0.25) is 10.2 Å². The fraction of sp³-hybridized carbons (Fsp3) is 0.333. The van der Waals surface area contributed by atoms with E-state index in [4.69, 9.17) is 9.47 Å². The van der Waals surface area contributed by atoms with E-state index in [2.05, 4.69) is 20.6 Å². The Morgan fingerprint density at radius 3 is 3.11 bits per heavy atom. The van der Waals surface area contributed by atoms with Crippen molar-refractivity contribution in [3.63, 3.8) is 0 Å². The Morgan fingerprint density at radius 2 is 2.36 bits per heavy atom. The van der Waals surface area contributed by atoms with Crippen molar-refractivity contribution >= 4 is 23.4 Å². The molecule has 1 aliphatic heterocycles. The van der Waals surface area contributed by atoms with Gasteiger partial charge in [-0.25, -0.2) is 14.8 Å². The summed E-state index contributed by atoms with van der Waals surface area (Å²) in [5.41, 5.74) is 2.09. The number of fused-ring (bicyclic) bond motifs is 1. The van der Waals surface area contributed by atoms with E-state index in [9.17, 15) is 15.2 Å². The molecule has 1 atom stereocenters. The van der Waals surface area contributed by atoms with E-state index in [0.717, 1.165) is 5.56 Å². The largest absolute Gasteiger partial charge is 0.383 e. The normalized spacial score (nSPS) is 14.9. The molecule has 0 radical (unpaired) electrons. The number of aromatic nitrogens is 2. The van der Waals surface area contributed by atoms with Gasteiger partial charge >= 0.3 is 6.03 Å². The van der Waals surface area contributed by atoms with E-state index in [1.807, 2.05) is 6.07 Å².